The molecule has 0 amide bonds. The molecule has 4 heteroatoms. The van der Waals surface area contributed by atoms with Crippen LogP contribution >= 0.6 is 0 Å². The molecule has 1 aliphatic carbocycles. The summed E-state index contributed by atoms with van der Waals surface area (Å²) in [4.78, 5) is 8.58. The Hall–Kier alpha value is -1.16. The van der Waals surface area contributed by atoms with Crippen molar-refractivity contribution in [2.45, 2.75) is 32.1 Å². The number of hydrogen-bond donors (Lipinski definition) is 1. The maximum atomic E-state index is 9.38. The van der Waals surface area contributed by atoms with Crippen LogP contribution in [0.1, 0.15) is 32.5 Å². The predicted octanol–water partition coefficient (Wildman–Crippen LogP) is 1.54. The van der Waals surface area contributed by atoms with Gasteiger partial charge in [-0.15, -0.1) is 0 Å². The zero-order valence-corrected chi connectivity index (χ0v) is 9.81. The highest BCUT2D eigenvalue weighted by Crippen LogP contribution is 2.52. The third kappa shape index (κ3) is 1.89. The summed E-state index contributed by atoms with van der Waals surface area (Å²) < 4.78 is 5.42. The van der Waals surface area contributed by atoms with Gasteiger partial charge in [-0.3, -0.25) is 0 Å². The van der Waals surface area contributed by atoms with Crippen molar-refractivity contribution in [2.24, 2.45) is 5.92 Å². The lowest BCUT2D eigenvalue weighted by Gasteiger charge is -2.11. The van der Waals surface area contributed by atoms with Crippen LogP contribution in [0.4, 0.5) is 0 Å². The van der Waals surface area contributed by atoms with E-state index in [1.807, 2.05) is 0 Å². The van der Waals surface area contributed by atoms with Crippen LogP contribution in [0.2, 0.25) is 0 Å². The molecule has 1 saturated carbocycles. The fourth-order valence-electron chi connectivity index (χ4n) is 1.96. The lowest BCUT2D eigenvalue weighted by molar-refractivity contribution is 0.240. The number of aliphatic hydroxyl groups is 1. The van der Waals surface area contributed by atoms with Gasteiger partial charge in [-0.1, -0.05) is 13.8 Å². The van der Waals surface area contributed by atoms with Gasteiger partial charge in [0.15, 0.2) is 5.75 Å². The molecule has 0 bridgehead atoms. The van der Waals surface area contributed by atoms with Crippen LogP contribution in [0.3, 0.4) is 0 Å². The van der Waals surface area contributed by atoms with E-state index in [9.17, 15) is 5.11 Å². The molecule has 0 spiro atoms. The van der Waals surface area contributed by atoms with Crippen molar-refractivity contribution in [3.63, 3.8) is 0 Å². The Labute approximate surface area is 95.7 Å². The number of ether oxygens (including phenoxy) is 1. The molecule has 1 fully saturated rings. The highest BCUT2D eigenvalue weighted by molar-refractivity contribution is 5.24. The van der Waals surface area contributed by atoms with E-state index in [0.717, 1.165) is 18.7 Å². The van der Waals surface area contributed by atoms with Crippen LogP contribution < -0.4 is 4.74 Å². The predicted molar refractivity (Wildman–Crippen MR) is 60.4 cm³/mol. The molecule has 2 unspecified atom stereocenters. The molecule has 1 N–H and O–H groups in total. The average molecular weight is 222 g/mol. The summed E-state index contributed by atoms with van der Waals surface area (Å²) in [6, 6.07) is 0. The van der Waals surface area contributed by atoms with Crippen LogP contribution in [-0.4, -0.2) is 28.3 Å². The molecule has 16 heavy (non-hydrogen) atoms. The minimum Gasteiger partial charge on any atom is -0.490 e. The minimum atomic E-state index is -0.191. The molecule has 0 aliphatic heterocycles. The normalized spacial score (nSPS) is 27.8. The Bertz CT molecular complexity index is 349. The number of aliphatic hydroxyl groups excluding tert-OH is 1. The fourth-order valence-corrected chi connectivity index (χ4v) is 1.96. The molecule has 88 valence electrons. The highest BCUT2D eigenvalue weighted by atomic mass is 16.5. The van der Waals surface area contributed by atoms with Crippen molar-refractivity contribution in [1.82, 2.24) is 9.97 Å². The average Bonchev–Trinajstić information content (AvgIpc) is 2.99. The molecule has 0 saturated heterocycles. The van der Waals surface area contributed by atoms with Gasteiger partial charge < -0.3 is 9.84 Å². The molecule has 0 radical (unpaired) electrons. The quantitative estimate of drug-likeness (QED) is 0.821. The van der Waals surface area contributed by atoms with Gasteiger partial charge in [0.05, 0.1) is 31.0 Å². The monoisotopic (exact) mass is 222 g/mol. The third-order valence-electron chi connectivity index (χ3n) is 3.28. The van der Waals surface area contributed by atoms with Crippen molar-refractivity contribution in [3.05, 3.63) is 18.2 Å². The molecular formula is C12H18N2O2. The molecule has 2 rings (SSSR count). The second-order valence-electron chi connectivity index (χ2n) is 4.51. The van der Waals surface area contributed by atoms with E-state index in [1.54, 1.807) is 12.4 Å². The summed E-state index contributed by atoms with van der Waals surface area (Å²) in [5, 5.41) is 9.38. The van der Waals surface area contributed by atoms with Crippen molar-refractivity contribution in [1.29, 1.82) is 0 Å². The first-order valence-corrected chi connectivity index (χ1v) is 5.79. The Kier molecular flexibility index (Phi) is 3.10. The number of rotatable bonds is 5. The van der Waals surface area contributed by atoms with Gasteiger partial charge in [0.25, 0.3) is 0 Å². The molecule has 1 aliphatic rings. The second-order valence-corrected chi connectivity index (χ2v) is 4.51. The lowest BCUT2D eigenvalue weighted by Crippen LogP contribution is -2.18. The highest BCUT2D eigenvalue weighted by Gasteiger charge is 2.54. The van der Waals surface area contributed by atoms with E-state index in [4.69, 9.17) is 4.74 Å². The van der Waals surface area contributed by atoms with Gasteiger partial charge in [0.1, 0.15) is 5.82 Å². The van der Waals surface area contributed by atoms with Gasteiger partial charge in [0.2, 0.25) is 0 Å². The van der Waals surface area contributed by atoms with Gasteiger partial charge in [-0.2, -0.15) is 0 Å². The van der Waals surface area contributed by atoms with Gasteiger partial charge in [-0.05, 0) is 18.8 Å². The van der Waals surface area contributed by atoms with E-state index in [-0.39, 0.29) is 12.0 Å². The Morgan fingerprint density at radius 2 is 2.12 bits per heavy atom. The van der Waals surface area contributed by atoms with E-state index in [2.05, 4.69) is 23.8 Å². The van der Waals surface area contributed by atoms with Gasteiger partial charge in [-0.25, -0.2) is 9.97 Å². The molecule has 1 heterocycles. The van der Waals surface area contributed by atoms with E-state index < -0.39 is 0 Å². The van der Waals surface area contributed by atoms with E-state index in [0.29, 0.717) is 18.3 Å². The van der Waals surface area contributed by atoms with Crippen LogP contribution in [0.5, 0.6) is 5.75 Å². The van der Waals surface area contributed by atoms with Crippen LogP contribution in [0.15, 0.2) is 12.4 Å². The number of nitrogens with zero attached hydrogens (tertiary/aromatic N) is 2. The number of hydrogen-bond acceptors (Lipinski definition) is 4. The van der Waals surface area contributed by atoms with E-state index in [1.165, 1.54) is 0 Å². The van der Waals surface area contributed by atoms with Crippen molar-refractivity contribution >= 4 is 0 Å². The van der Waals surface area contributed by atoms with Crippen molar-refractivity contribution < 1.29 is 9.84 Å². The SMILES string of the molecule is CCCOc1cnc(C2(CO)CC2C)nc1. The van der Waals surface area contributed by atoms with Crippen LogP contribution in [0.25, 0.3) is 0 Å². The van der Waals surface area contributed by atoms with Crippen LogP contribution in [-0.2, 0) is 5.41 Å². The molecule has 2 atom stereocenters. The zero-order chi connectivity index (χ0) is 11.6. The fraction of sp³-hybridized carbons (Fsp3) is 0.667. The first kappa shape index (κ1) is 11.3. The van der Waals surface area contributed by atoms with Crippen molar-refractivity contribution in [3.8, 4) is 5.75 Å². The van der Waals surface area contributed by atoms with Crippen LogP contribution in [0, 0.1) is 5.92 Å². The summed E-state index contributed by atoms with van der Waals surface area (Å²) in [7, 11) is 0. The first-order valence-electron chi connectivity index (χ1n) is 5.79. The molecule has 0 aromatic carbocycles. The Morgan fingerprint density at radius 1 is 1.50 bits per heavy atom. The Morgan fingerprint density at radius 3 is 2.56 bits per heavy atom. The molecule has 1 aromatic rings. The standard InChI is InChI=1S/C12H18N2O2/c1-3-4-16-10-6-13-11(14-7-10)12(8-15)5-9(12)2/h6-7,9,15H,3-5,8H2,1-2H3. The molecular weight excluding hydrogens is 204 g/mol. The van der Waals surface area contributed by atoms with Gasteiger partial charge in [0, 0.05) is 0 Å². The Balaban J connectivity index is 2.08. The molecule has 1 aromatic heterocycles. The topological polar surface area (TPSA) is 55.2 Å². The van der Waals surface area contributed by atoms with Gasteiger partial charge >= 0.3 is 0 Å². The summed E-state index contributed by atoms with van der Waals surface area (Å²) in [6.07, 6.45) is 5.33. The lowest BCUT2D eigenvalue weighted by atomic mass is 10.1. The maximum Gasteiger partial charge on any atom is 0.155 e. The third-order valence-corrected chi connectivity index (χ3v) is 3.28. The number of aromatic nitrogens is 2. The molecule has 4 nitrogen and oxygen atoms in total. The van der Waals surface area contributed by atoms with E-state index >= 15 is 0 Å². The summed E-state index contributed by atoms with van der Waals surface area (Å²) in [5.41, 5.74) is -0.191. The zero-order valence-electron chi connectivity index (χ0n) is 9.81. The second kappa shape index (κ2) is 4.37. The van der Waals surface area contributed by atoms with Crippen molar-refractivity contribution in [2.75, 3.05) is 13.2 Å². The smallest absolute Gasteiger partial charge is 0.155 e. The summed E-state index contributed by atoms with van der Waals surface area (Å²) >= 11 is 0. The minimum absolute atomic E-state index is 0.128. The maximum absolute atomic E-state index is 9.38. The first-order chi connectivity index (χ1) is 7.73. The summed E-state index contributed by atoms with van der Waals surface area (Å²) in [5.74, 6) is 1.92. The largest absolute Gasteiger partial charge is 0.490 e. The summed E-state index contributed by atoms with van der Waals surface area (Å²) in [6.45, 7) is 4.98.